The molecule has 1 amide bonds. The zero-order chi connectivity index (χ0) is 18.1. The van der Waals surface area contributed by atoms with Crippen molar-refractivity contribution in [3.8, 4) is 11.5 Å². The van der Waals surface area contributed by atoms with Crippen molar-refractivity contribution in [2.45, 2.75) is 13.3 Å². The van der Waals surface area contributed by atoms with E-state index in [0.717, 1.165) is 22.2 Å². The zero-order valence-electron chi connectivity index (χ0n) is 14.4. The minimum absolute atomic E-state index is 0.104. The highest BCUT2D eigenvalue weighted by atomic mass is 19.1. The molecule has 2 heterocycles. The minimum Gasteiger partial charge on any atom is -0.493 e. The van der Waals surface area contributed by atoms with Crippen molar-refractivity contribution in [2.24, 2.45) is 0 Å². The first-order valence-electron chi connectivity index (χ1n) is 8.62. The van der Waals surface area contributed by atoms with Crippen LogP contribution in [0.1, 0.15) is 12.5 Å². The molecule has 1 aromatic heterocycles. The van der Waals surface area contributed by atoms with Gasteiger partial charge < -0.3 is 19.4 Å². The van der Waals surface area contributed by atoms with Gasteiger partial charge in [-0.3, -0.25) is 4.79 Å². The molecule has 6 heteroatoms. The number of carbonyl (C=O) groups excluding carboxylic acids is 1. The van der Waals surface area contributed by atoms with Crippen molar-refractivity contribution >= 4 is 22.5 Å². The highest BCUT2D eigenvalue weighted by molar-refractivity contribution is 6.00. The molecular weight excluding hydrogens is 335 g/mol. The second-order valence-corrected chi connectivity index (χ2v) is 6.11. The van der Waals surface area contributed by atoms with Gasteiger partial charge in [0.05, 0.1) is 25.3 Å². The quantitative estimate of drug-likeness (QED) is 0.778. The summed E-state index contributed by atoms with van der Waals surface area (Å²) in [4.78, 5) is 17.7. The molecule has 1 N–H and O–H groups in total. The monoisotopic (exact) mass is 354 g/mol. The fourth-order valence-corrected chi connectivity index (χ4v) is 3.34. The van der Waals surface area contributed by atoms with E-state index in [0.29, 0.717) is 31.2 Å². The Morgan fingerprint density at radius 2 is 2.23 bits per heavy atom. The van der Waals surface area contributed by atoms with Crippen LogP contribution in [0.4, 0.5) is 10.1 Å². The molecule has 134 valence electrons. The molecule has 0 spiro atoms. The average molecular weight is 354 g/mol. The zero-order valence-corrected chi connectivity index (χ0v) is 14.4. The van der Waals surface area contributed by atoms with Crippen LogP contribution < -0.4 is 14.4 Å². The Kier molecular flexibility index (Phi) is 4.24. The normalized spacial score (nSPS) is 13.4. The van der Waals surface area contributed by atoms with Crippen molar-refractivity contribution in [1.82, 2.24) is 4.98 Å². The molecule has 2 aromatic carbocycles. The molecule has 1 aliphatic rings. The number of benzene rings is 2. The van der Waals surface area contributed by atoms with Crippen molar-refractivity contribution in [1.29, 1.82) is 0 Å². The Hall–Kier alpha value is -3.02. The molecule has 0 saturated carbocycles. The maximum atomic E-state index is 13.6. The fraction of sp³-hybridized carbons (Fsp3) is 0.250. The van der Waals surface area contributed by atoms with Crippen molar-refractivity contribution in [2.75, 3.05) is 24.7 Å². The van der Waals surface area contributed by atoms with E-state index in [1.807, 2.05) is 31.3 Å². The Labute approximate surface area is 150 Å². The van der Waals surface area contributed by atoms with Crippen molar-refractivity contribution in [3.05, 3.63) is 54.0 Å². The van der Waals surface area contributed by atoms with Gasteiger partial charge in [0, 0.05) is 23.2 Å². The van der Waals surface area contributed by atoms with E-state index in [-0.39, 0.29) is 12.3 Å². The summed E-state index contributed by atoms with van der Waals surface area (Å²) in [6, 6.07) is 9.99. The van der Waals surface area contributed by atoms with Gasteiger partial charge in [0.25, 0.3) is 0 Å². The van der Waals surface area contributed by atoms with Crippen molar-refractivity contribution in [3.63, 3.8) is 0 Å². The standard InChI is InChI=1S/C20H19FN2O3/c1-2-25-18-5-3-4-15-20(18)13(12-22-15)10-19(24)23-8-9-26-17-7-6-14(21)11-16(17)23/h3-7,11-12,22H,2,8-10H2,1H3. The van der Waals surface area contributed by atoms with Crippen LogP contribution in [-0.2, 0) is 11.2 Å². The minimum atomic E-state index is -0.391. The Morgan fingerprint density at radius 1 is 1.35 bits per heavy atom. The lowest BCUT2D eigenvalue weighted by atomic mass is 10.1. The van der Waals surface area contributed by atoms with Crippen LogP contribution in [-0.4, -0.2) is 30.6 Å². The van der Waals surface area contributed by atoms with Gasteiger partial charge in [0.1, 0.15) is 23.9 Å². The number of nitrogens with one attached hydrogen (secondary N) is 1. The number of aromatic amines is 1. The summed E-state index contributed by atoms with van der Waals surface area (Å²) in [6.45, 7) is 3.27. The highest BCUT2D eigenvalue weighted by Gasteiger charge is 2.25. The number of ether oxygens (including phenoxy) is 2. The van der Waals surface area contributed by atoms with E-state index in [2.05, 4.69) is 4.98 Å². The van der Waals surface area contributed by atoms with E-state index in [9.17, 15) is 9.18 Å². The Bertz CT molecular complexity index is 967. The molecule has 26 heavy (non-hydrogen) atoms. The average Bonchev–Trinajstić information content (AvgIpc) is 3.05. The number of rotatable bonds is 4. The lowest BCUT2D eigenvalue weighted by Gasteiger charge is -2.29. The van der Waals surface area contributed by atoms with Gasteiger partial charge in [0.2, 0.25) is 5.91 Å². The van der Waals surface area contributed by atoms with Crippen LogP contribution in [0.2, 0.25) is 0 Å². The third-order valence-corrected chi connectivity index (χ3v) is 4.48. The topological polar surface area (TPSA) is 54.6 Å². The van der Waals surface area contributed by atoms with E-state index in [4.69, 9.17) is 9.47 Å². The van der Waals surface area contributed by atoms with E-state index < -0.39 is 5.82 Å². The first-order chi connectivity index (χ1) is 12.7. The van der Waals surface area contributed by atoms with Gasteiger partial charge in [-0.2, -0.15) is 0 Å². The summed E-state index contributed by atoms with van der Waals surface area (Å²) < 4.78 is 24.9. The summed E-state index contributed by atoms with van der Waals surface area (Å²) >= 11 is 0. The summed E-state index contributed by atoms with van der Waals surface area (Å²) in [7, 11) is 0. The molecule has 3 aromatic rings. The molecule has 1 aliphatic heterocycles. The van der Waals surface area contributed by atoms with E-state index >= 15 is 0 Å². The first kappa shape index (κ1) is 16.4. The predicted molar refractivity (Wildman–Crippen MR) is 97.4 cm³/mol. The number of H-pyrrole nitrogens is 1. The Morgan fingerprint density at radius 3 is 3.08 bits per heavy atom. The lowest BCUT2D eigenvalue weighted by molar-refractivity contribution is -0.118. The molecule has 0 atom stereocenters. The molecule has 0 bridgehead atoms. The molecule has 4 rings (SSSR count). The smallest absolute Gasteiger partial charge is 0.231 e. The molecular formula is C20H19FN2O3. The third-order valence-electron chi connectivity index (χ3n) is 4.48. The van der Waals surface area contributed by atoms with Crippen LogP contribution in [0.25, 0.3) is 10.9 Å². The molecule has 0 aliphatic carbocycles. The fourth-order valence-electron chi connectivity index (χ4n) is 3.34. The number of amides is 1. The maximum absolute atomic E-state index is 13.6. The summed E-state index contributed by atoms with van der Waals surface area (Å²) in [5, 5.41) is 0.912. The van der Waals surface area contributed by atoms with Gasteiger partial charge in [-0.25, -0.2) is 4.39 Å². The molecule has 5 nitrogen and oxygen atoms in total. The largest absolute Gasteiger partial charge is 0.493 e. The number of nitrogens with zero attached hydrogens (tertiary/aromatic N) is 1. The third kappa shape index (κ3) is 2.87. The molecule has 0 unspecified atom stereocenters. The number of aromatic nitrogens is 1. The van der Waals surface area contributed by atoms with E-state index in [1.165, 1.54) is 12.1 Å². The summed E-state index contributed by atoms with van der Waals surface area (Å²) in [5.41, 5.74) is 2.26. The number of hydrogen-bond acceptors (Lipinski definition) is 3. The maximum Gasteiger partial charge on any atom is 0.231 e. The number of halogens is 1. The number of carbonyl (C=O) groups is 1. The Balaban J connectivity index is 1.66. The van der Waals surface area contributed by atoms with Crippen LogP contribution in [0, 0.1) is 5.82 Å². The van der Waals surface area contributed by atoms with Crippen LogP contribution in [0.5, 0.6) is 11.5 Å². The van der Waals surface area contributed by atoms with E-state index in [1.54, 1.807) is 11.0 Å². The first-order valence-corrected chi connectivity index (χ1v) is 8.62. The summed E-state index contributed by atoms with van der Waals surface area (Å²) in [5.74, 6) is 0.785. The molecule has 0 saturated heterocycles. The van der Waals surface area contributed by atoms with Gasteiger partial charge in [-0.15, -0.1) is 0 Å². The summed E-state index contributed by atoms with van der Waals surface area (Å²) in [6.07, 6.45) is 2.03. The predicted octanol–water partition coefficient (Wildman–Crippen LogP) is 3.67. The van der Waals surface area contributed by atoms with Crippen LogP contribution in [0.3, 0.4) is 0 Å². The van der Waals surface area contributed by atoms with Gasteiger partial charge >= 0.3 is 0 Å². The number of fused-ring (bicyclic) bond motifs is 2. The lowest BCUT2D eigenvalue weighted by Crippen LogP contribution is -2.38. The second-order valence-electron chi connectivity index (χ2n) is 6.11. The SMILES string of the molecule is CCOc1cccc2[nH]cc(CC(=O)N3CCOc4ccc(F)cc43)c12. The number of hydrogen-bond donors (Lipinski definition) is 1. The molecule has 0 fully saturated rings. The van der Waals surface area contributed by atoms with Gasteiger partial charge in [0.15, 0.2) is 0 Å². The van der Waals surface area contributed by atoms with Crippen LogP contribution in [0.15, 0.2) is 42.6 Å². The second kappa shape index (κ2) is 6.71. The molecule has 0 radical (unpaired) electrons. The van der Waals surface area contributed by atoms with Gasteiger partial charge in [-0.1, -0.05) is 6.07 Å². The van der Waals surface area contributed by atoms with Crippen LogP contribution >= 0.6 is 0 Å². The van der Waals surface area contributed by atoms with Gasteiger partial charge in [-0.05, 0) is 36.8 Å². The highest BCUT2D eigenvalue weighted by Crippen LogP contribution is 2.34. The van der Waals surface area contributed by atoms with Crippen molar-refractivity contribution < 1.29 is 18.7 Å². The number of anilines is 1.